The summed E-state index contributed by atoms with van der Waals surface area (Å²) >= 11 is 0. The SMILES string of the molecule is Cc1c(C(=O)N2CCOC(C)C2)cnn1-c1ccc(F)cc1F. The van der Waals surface area contributed by atoms with E-state index in [4.69, 9.17) is 4.74 Å². The Bertz CT molecular complexity index is 745. The molecular weight excluding hydrogens is 304 g/mol. The maximum Gasteiger partial charge on any atom is 0.257 e. The van der Waals surface area contributed by atoms with Crippen LogP contribution in [0, 0.1) is 18.6 Å². The van der Waals surface area contributed by atoms with Gasteiger partial charge >= 0.3 is 0 Å². The van der Waals surface area contributed by atoms with Gasteiger partial charge in [0, 0.05) is 19.2 Å². The van der Waals surface area contributed by atoms with Crippen LogP contribution in [0.15, 0.2) is 24.4 Å². The number of nitrogens with zero attached hydrogens (tertiary/aromatic N) is 3. The number of benzene rings is 1. The Morgan fingerprint density at radius 3 is 2.87 bits per heavy atom. The van der Waals surface area contributed by atoms with Crippen molar-refractivity contribution in [1.29, 1.82) is 0 Å². The predicted octanol–water partition coefficient (Wildman–Crippen LogP) is 2.32. The molecule has 2 heterocycles. The maximum atomic E-state index is 13.9. The highest BCUT2D eigenvalue weighted by Crippen LogP contribution is 2.20. The third-order valence-corrected chi connectivity index (χ3v) is 3.91. The zero-order chi connectivity index (χ0) is 16.6. The van der Waals surface area contributed by atoms with Gasteiger partial charge in [0.05, 0.1) is 30.2 Å². The number of hydrogen-bond acceptors (Lipinski definition) is 3. The fourth-order valence-electron chi connectivity index (χ4n) is 2.69. The van der Waals surface area contributed by atoms with Crippen LogP contribution in [0.2, 0.25) is 0 Å². The molecule has 1 aromatic carbocycles. The van der Waals surface area contributed by atoms with E-state index < -0.39 is 11.6 Å². The third kappa shape index (κ3) is 2.96. The van der Waals surface area contributed by atoms with Gasteiger partial charge in [-0.1, -0.05) is 0 Å². The minimum atomic E-state index is -0.727. The Morgan fingerprint density at radius 2 is 2.17 bits per heavy atom. The van der Waals surface area contributed by atoms with Crippen LogP contribution in [-0.2, 0) is 4.74 Å². The lowest BCUT2D eigenvalue weighted by Crippen LogP contribution is -2.44. The average Bonchev–Trinajstić information content (AvgIpc) is 2.88. The summed E-state index contributed by atoms with van der Waals surface area (Å²) in [6.45, 7) is 5.11. The molecule has 1 aliphatic heterocycles. The van der Waals surface area contributed by atoms with Crippen LogP contribution in [0.1, 0.15) is 23.0 Å². The molecule has 7 heteroatoms. The molecule has 1 amide bonds. The standard InChI is InChI=1S/C16H17F2N3O2/c1-10-9-20(5-6-23-10)16(22)13-8-19-21(11(13)2)15-4-3-12(17)7-14(15)18/h3-4,7-8,10H,5-6,9H2,1-2H3. The molecule has 2 aromatic rings. The van der Waals surface area contributed by atoms with Gasteiger partial charge < -0.3 is 9.64 Å². The molecule has 0 spiro atoms. The van der Waals surface area contributed by atoms with Crippen molar-refractivity contribution in [2.75, 3.05) is 19.7 Å². The Labute approximate surface area is 132 Å². The monoisotopic (exact) mass is 321 g/mol. The number of rotatable bonds is 2. The molecule has 0 bridgehead atoms. The van der Waals surface area contributed by atoms with Crippen LogP contribution in [0.4, 0.5) is 8.78 Å². The topological polar surface area (TPSA) is 47.4 Å². The van der Waals surface area contributed by atoms with Crippen LogP contribution in [0.5, 0.6) is 0 Å². The van der Waals surface area contributed by atoms with E-state index in [9.17, 15) is 13.6 Å². The van der Waals surface area contributed by atoms with Crippen molar-refractivity contribution in [2.45, 2.75) is 20.0 Å². The van der Waals surface area contributed by atoms with Crippen LogP contribution in [-0.4, -0.2) is 46.4 Å². The van der Waals surface area contributed by atoms with Crippen molar-refractivity contribution >= 4 is 5.91 Å². The fourth-order valence-corrected chi connectivity index (χ4v) is 2.69. The Hall–Kier alpha value is -2.28. The highest BCUT2D eigenvalue weighted by atomic mass is 19.1. The number of carbonyl (C=O) groups excluding carboxylic acids is 1. The highest BCUT2D eigenvalue weighted by Gasteiger charge is 2.25. The van der Waals surface area contributed by atoms with E-state index in [1.165, 1.54) is 16.9 Å². The quantitative estimate of drug-likeness (QED) is 0.853. The summed E-state index contributed by atoms with van der Waals surface area (Å²) in [6.07, 6.45) is 1.40. The molecule has 0 saturated carbocycles. The van der Waals surface area contributed by atoms with Crippen LogP contribution >= 0.6 is 0 Å². The Morgan fingerprint density at radius 1 is 1.39 bits per heavy atom. The first kappa shape index (κ1) is 15.6. The second kappa shape index (κ2) is 6.08. The van der Waals surface area contributed by atoms with Gasteiger partial charge in [0.1, 0.15) is 11.5 Å². The van der Waals surface area contributed by atoms with E-state index >= 15 is 0 Å². The molecule has 122 valence electrons. The van der Waals surface area contributed by atoms with Gasteiger partial charge in [-0.15, -0.1) is 0 Å². The van der Waals surface area contributed by atoms with Crippen molar-refractivity contribution in [3.05, 3.63) is 47.3 Å². The number of amides is 1. The van der Waals surface area contributed by atoms with Crippen molar-refractivity contribution in [1.82, 2.24) is 14.7 Å². The Kier molecular flexibility index (Phi) is 4.12. The molecule has 0 radical (unpaired) electrons. The van der Waals surface area contributed by atoms with E-state index in [1.54, 1.807) is 11.8 Å². The molecule has 3 rings (SSSR count). The summed E-state index contributed by atoms with van der Waals surface area (Å²) in [5.74, 6) is -1.55. The number of hydrogen-bond donors (Lipinski definition) is 0. The molecular formula is C16H17F2N3O2. The minimum Gasteiger partial charge on any atom is -0.375 e. The maximum absolute atomic E-state index is 13.9. The van der Waals surface area contributed by atoms with Gasteiger partial charge in [0.2, 0.25) is 0 Å². The normalized spacial score (nSPS) is 18.3. The van der Waals surface area contributed by atoms with Crippen molar-refractivity contribution in [3.63, 3.8) is 0 Å². The second-order valence-electron chi connectivity index (χ2n) is 5.58. The smallest absolute Gasteiger partial charge is 0.257 e. The summed E-state index contributed by atoms with van der Waals surface area (Å²) in [5.41, 5.74) is 1.03. The van der Waals surface area contributed by atoms with E-state index in [0.717, 1.165) is 12.1 Å². The van der Waals surface area contributed by atoms with Gasteiger partial charge in [0.15, 0.2) is 5.82 Å². The third-order valence-electron chi connectivity index (χ3n) is 3.91. The van der Waals surface area contributed by atoms with E-state index in [0.29, 0.717) is 31.0 Å². The first-order chi connectivity index (χ1) is 11.0. The van der Waals surface area contributed by atoms with Crippen molar-refractivity contribution < 1.29 is 18.3 Å². The molecule has 1 unspecified atom stereocenters. The van der Waals surface area contributed by atoms with Crippen LogP contribution in [0.25, 0.3) is 5.69 Å². The number of ether oxygens (including phenoxy) is 1. The molecule has 1 aromatic heterocycles. The number of halogens is 2. The molecule has 23 heavy (non-hydrogen) atoms. The minimum absolute atomic E-state index is 0.0161. The van der Waals surface area contributed by atoms with Crippen molar-refractivity contribution in [3.8, 4) is 5.69 Å². The lowest BCUT2D eigenvalue weighted by molar-refractivity contribution is -0.0124. The van der Waals surface area contributed by atoms with E-state index in [1.807, 2.05) is 6.92 Å². The van der Waals surface area contributed by atoms with Gasteiger partial charge in [-0.2, -0.15) is 5.10 Å². The van der Waals surface area contributed by atoms with E-state index in [2.05, 4.69) is 5.10 Å². The van der Waals surface area contributed by atoms with Crippen LogP contribution in [0.3, 0.4) is 0 Å². The largest absolute Gasteiger partial charge is 0.375 e. The molecule has 1 saturated heterocycles. The predicted molar refractivity (Wildman–Crippen MR) is 79.5 cm³/mol. The fraction of sp³-hybridized carbons (Fsp3) is 0.375. The van der Waals surface area contributed by atoms with Gasteiger partial charge in [-0.3, -0.25) is 4.79 Å². The van der Waals surface area contributed by atoms with Crippen molar-refractivity contribution in [2.24, 2.45) is 0 Å². The summed E-state index contributed by atoms with van der Waals surface area (Å²) in [5, 5.41) is 4.09. The molecule has 1 atom stereocenters. The molecule has 1 fully saturated rings. The first-order valence-electron chi connectivity index (χ1n) is 7.38. The summed E-state index contributed by atoms with van der Waals surface area (Å²) in [6, 6.07) is 3.25. The van der Waals surface area contributed by atoms with Gasteiger partial charge in [-0.25, -0.2) is 13.5 Å². The zero-order valence-corrected chi connectivity index (χ0v) is 12.9. The summed E-state index contributed by atoms with van der Waals surface area (Å²) in [4.78, 5) is 14.3. The molecule has 0 N–H and O–H groups in total. The molecule has 5 nitrogen and oxygen atoms in total. The summed E-state index contributed by atoms with van der Waals surface area (Å²) in [7, 11) is 0. The number of morpholine rings is 1. The number of aromatic nitrogens is 2. The number of carbonyl (C=O) groups is 1. The van der Waals surface area contributed by atoms with Crippen LogP contribution < -0.4 is 0 Å². The second-order valence-corrected chi connectivity index (χ2v) is 5.58. The lowest BCUT2D eigenvalue weighted by atomic mass is 10.2. The Balaban J connectivity index is 1.91. The molecule has 0 aliphatic carbocycles. The van der Waals surface area contributed by atoms with Gasteiger partial charge in [0.25, 0.3) is 5.91 Å². The first-order valence-corrected chi connectivity index (χ1v) is 7.38. The molecule has 1 aliphatic rings. The average molecular weight is 321 g/mol. The van der Waals surface area contributed by atoms with Gasteiger partial charge in [-0.05, 0) is 26.0 Å². The highest BCUT2D eigenvalue weighted by molar-refractivity contribution is 5.95. The zero-order valence-electron chi connectivity index (χ0n) is 12.9. The lowest BCUT2D eigenvalue weighted by Gasteiger charge is -2.31. The van der Waals surface area contributed by atoms with E-state index in [-0.39, 0.29) is 17.7 Å². The summed E-state index contributed by atoms with van der Waals surface area (Å²) < 4.78 is 33.7.